The summed E-state index contributed by atoms with van der Waals surface area (Å²) in [6.07, 6.45) is 66.5. The van der Waals surface area contributed by atoms with E-state index in [1.807, 2.05) is 0 Å². The lowest BCUT2D eigenvalue weighted by molar-refractivity contribution is -0.161. The summed E-state index contributed by atoms with van der Waals surface area (Å²) in [5.74, 6) is -2.11. The molecule has 0 fully saturated rings. The Kier molecular flexibility index (Phi) is 72.9. The third kappa shape index (κ3) is 74.1. The molecule has 0 aromatic rings. The largest absolute Gasteiger partial charge is 0.472 e. The topological polar surface area (TPSA) is 237 Å². The summed E-state index contributed by atoms with van der Waals surface area (Å²) < 4.78 is 68.7. The van der Waals surface area contributed by atoms with Gasteiger partial charge in [-0.1, -0.05) is 381 Å². The molecule has 0 aromatic heterocycles. The van der Waals surface area contributed by atoms with Crippen molar-refractivity contribution in [1.82, 2.24) is 0 Å². The summed E-state index contributed by atoms with van der Waals surface area (Å²) in [5, 5.41) is 10.6. The quantitative estimate of drug-likeness (QED) is 0.0222. The van der Waals surface area contributed by atoms with E-state index in [9.17, 15) is 43.2 Å². The molecule has 5 atom stereocenters. The van der Waals surface area contributed by atoms with Gasteiger partial charge < -0.3 is 33.8 Å². The summed E-state index contributed by atoms with van der Waals surface area (Å²) >= 11 is 0. The zero-order valence-electron chi connectivity index (χ0n) is 64.5. The Morgan fingerprint density at radius 1 is 0.242 bits per heavy atom. The van der Waals surface area contributed by atoms with E-state index in [1.54, 1.807) is 0 Å². The molecule has 0 aliphatic heterocycles. The van der Waals surface area contributed by atoms with Crippen LogP contribution in [0.1, 0.15) is 432 Å². The number of hydrogen-bond donors (Lipinski definition) is 3. The number of aliphatic hydroxyl groups is 1. The van der Waals surface area contributed by atoms with Crippen LogP contribution in [0.3, 0.4) is 0 Å². The van der Waals surface area contributed by atoms with Crippen LogP contribution < -0.4 is 0 Å². The summed E-state index contributed by atoms with van der Waals surface area (Å²) in [5.41, 5.74) is 0. The first-order valence-electron chi connectivity index (χ1n) is 41.8. The Morgan fingerprint density at radius 2 is 0.404 bits per heavy atom. The average molecular weight is 1450 g/mol. The van der Waals surface area contributed by atoms with E-state index in [-0.39, 0.29) is 25.7 Å². The summed E-state index contributed by atoms with van der Waals surface area (Å²) in [7, 11) is -9.91. The molecule has 0 aliphatic rings. The van der Waals surface area contributed by atoms with E-state index < -0.39 is 97.5 Å². The third-order valence-electron chi connectivity index (χ3n) is 18.9. The lowest BCUT2D eigenvalue weighted by Crippen LogP contribution is -2.30. The van der Waals surface area contributed by atoms with Gasteiger partial charge in [0.05, 0.1) is 26.4 Å². The van der Waals surface area contributed by atoms with Gasteiger partial charge in [0.25, 0.3) is 0 Å². The first-order valence-corrected chi connectivity index (χ1v) is 44.8. The van der Waals surface area contributed by atoms with Crippen LogP contribution in [-0.2, 0) is 65.4 Å². The zero-order chi connectivity index (χ0) is 72.5. The van der Waals surface area contributed by atoms with Gasteiger partial charge in [0.15, 0.2) is 12.2 Å². The first kappa shape index (κ1) is 97.1. The van der Waals surface area contributed by atoms with Crippen LogP contribution in [0.25, 0.3) is 0 Å². The second kappa shape index (κ2) is 74.3. The average Bonchev–Trinajstić information content (AvgIpc) is 1.12. The smallest absolute Gasteiger partial charge is 0.462 e. The van der Waals surface area contributed by atoms with E-state index >= 15 is 0 Å². The number of rotatable bonds is 81. The van der Waals surface area contributed by atoms with Crippen molar-refractivity contribution in [1.29, 1.82) is 0 Å². The monoisotopic (exact) mass is 1450 g/mol. The van der Waals surface area contributed by atoms with E-state index in [0.29, 0.717) is 25.7 Å². The molecular weight excluding hydrogens is 1290 g/mol. The highest BCUT2D eigenvalue weighted by atomic mass is 31.2. The van der Waals surface area contributed by atoms with Crippen molar-refractivity contribution in [3.8, 4) is 0 Å². The van der Waals surface area contributed by atoms with E-state index in [4.69, 9.17) is 37.0 Å². The van der Waals surface area contributed by atoms with Crippen molar-refractivity contribution in [3.63, 3.8) is 0 Å². The molecule has 588 valence electrons. The van der Waals surface area contributed by atoms with Gasteiger partial charge in [0, 0.05) is 25.7 Å². The van der Waals surface area contributed by atoms with E-state index in [2.05, 4.69) is 27.7 Å². The van der Waals surface area contributed by atoms with E-state index in [1.165, 1.54) is 263 Å². The number of aliphatic hydroxyl groups excluding tert-OH is 1. The van der Waals surface area contributed by atoms with Crippen LogP contribution >= 0.6 is 15.6 Å². The molecule has 0 rings (SSSR count). The second-order valence-corrected chi connectivity index (χ2v) is 31.7. The van der Waals surface area contributed by atoms with Crippen molar-refractivity contribution >= 4 is 39.5 Å². The van der Waals surface area contributed by atoms with Gasteiger partial charge in [-0.3, -0.25) is 37.3 Å². The normalized spacial score (nSPS) is 13.8. The number of phosphoric acid groups is 2. The van der Waals surface area contributed by atoms with Crippen LogP contribution in [0, 0.1) is 0 Å². The van der Waals surface area contributed by atoms with Crippen molar-refractivity contribution in [2.45, 2.75) is 451 Å². The molecule has 19 heteroatoms. The maximum absolute atomic E-state index is 13.1. The Hall–Kier alpha value is -1.94. The lowest BCUT2D eigenvalue weighted by atomic mass is 10.0. The van der Waals surface area contributed by atoms with E-state index in [0.717, 1.165) is 89.9 Å². The minimum absolute atomic E-state index is 0.109. The minimum atomic E-state index is -4.96. The lowest BCUT2D eigenvalue weighted by Gasteiger charge is -2.21. The first-order chi connectivity index (χ1) is 48.2. The Balaban J connectivity index is 5.22. The zero-order valence-corrected chi connectivity index (χ0v) is 66.3. The number of esters is 4. The van der Waals surface area contributed by atoms with Gasteiger partial charge in [0.2, 0.25) is 0 Å². The molecular formula is C80H156O17P2. The highest BCUT2D eigenvalue weighted by Gasteiger charge is 2.30. The number of phosphoric ester groups is 2. The van der Waals surface area contributed by atoms with Gasteiger partial charge in [0.1, 0.15) is 19.3 Å². The molecule has 0 saturated carbocycles. The van der Waals surface area contributed by atoms with Crippen molar-refractivity contribution < 1.29 is 80.2 Å². The molecule has 0 amide bonds. The summed E-state index contributed by atoms with van der Waals surface area (Å²) in [4.78, 5) is 72.9. The maximum atomic E-state index is 13.1. The predicted octanol–water partition coefficient (Wildman–Crippen LogP) is 24.2. The van der Waals surface area contributed by atoms with Crippen LogP contribution in [0.5, 0.6) is 0 Å². The van der Waals surface area contributed by atoms with Crippen molar-refractivity contribution in [2.75, 3.05) is 39.6 Å². The standard InChI is InChI=1S/C80H156O17P2/c1-5-9-13-17-21-25-28-31-34-36-37-38-41-44-47-51-55-59-63-67-80(85)97-76(71-91-78(83)65-61-57-53-49-45-42-40-35-32-29-26-22-18-14-10-6-2)73-95-99(88,89)93-69-74(81)68-92-98(86,87)94-72-75(70-90-77(82)64-60-56-52-48-24-20-16-12-8-4)96-79(84)66-62-58-54-50-46-43-39-33-30-27-23-19-15-11-7-3/h74-76,81H,5-73H2,1-4H3,(H,86,87)(H,88,89)/t74-,75+,76+/m0/s1. The maximum Gasteiger partial charge on any atom is 0.472 e. The van der Waals surface area contributed by atoms with Crippen LogP contribution in [0.2, 0.25) is 0 Å². The molecule has 0 aromatic carbocycles. The Labute approximate surface area is 607 Å². The van der Waals surface area contributed by atoms with Crippen LogP contribution in [0.4, 0.5) is 0 Å². The molecule has 17 nitrogen and oxygen atoms in total. The number of hydrogen-bond acceptors (Lipinski definition) is 15. The molecule has 3 N–H and O–H groups in total. The fraction of sp³-hybridized carbons (Fsp3) is 0.950. The number of ether oxygens (including phenoxy) is 4. The van der Waals surface area contributed by atoms with Crippen LogP contribution in [-0.4, -0.2) is 96.7 Å². The fourth-order valence-corrected chi connectivity index (χ4v) is 14.0. The van der Waals surface area contributed by atoms with Crippen LogP contribution in [0.15, 0.2) is 0 Å². The number of unbranched alkanes of at least 4 members (excludes halogenated alkanes) is 55. The molecule has 99 heavy (non-hydrogen) atoms. The summed E-state index contributed by atoms with van der Waals surface area (Å²) in [6.45, 7) is 5.01. The second-order valence-electron chi connectivity index (χ2n) is 28.8. The molecule has 0 heterocycles. The number of carbonyl (C=O) groups excluding carboxylic acids is 4. The number of carbonyl (C=O) groups is 4. The predicted molar refractivity (Wildman–Crippen MR) is 405 cm³/mol. The minimum Gasteiger partial charge on any atom is -0.462 e. The highest BCUT2D eigenvalue weighted by molar-refractivity contribution is 7.47. The van der Waals surface area contributed by atoms with Gasteiger partial charge in [-0.15, -0.1) is 0 Å². The molecule has 0 spiro atoms. The van der Waals surface area contributed by atoms with Gasteiger partial charge in [-0.05, 0) is 25.7 Å². The molecule has 0 radical (unpaired) electrons. The summed E-state index contributed by atoms with van der Waals surface area (Å²) in [6, 6.07) is 0. The SMILES string of the molecule is CCCCCCCCCCCCCCCCCCCCCC(=O)O[C@H](COC(=O)CCCCCCCCCCCCCCCCCC)COP(=O)(O)OC[C@@H](O)COP(=O)(O)OC[C@@H](COC(=O)CCCCCCCCCCC)OC(=O)CCCCCCCCCCCCCCCCC. The van der Waals surface area contributed by atoms with Crippen molar-refractivity contribution in [3.05, 3.63) is 0 Å². The Morgan fingerprint density at radius 3 is 0.596 bits per heavy atom. The fourth-order valence-electron chi connectivity index (χ4n) is 12.5. The molecule has 2 unspecified atom stereocenters. The Bertz CT molecular complexity index is 1880. The van der Waals surface area contributed by atoms with Gasteiger partial charge in [-0.2, -0.15) is 0 Å². The van der Waals surface area contributed by atoms with Gasteiger partial charge in [-0.25, -0.2) is 9.13 Å². The van der Waals surface area contributed by atoms with Crippen molar-refractivity contribution in [2.24, 2.45) is 0 Å². The third-order valence-corrected chi connectivity index (χ3v) is 20.8. The highest BCUT2D eigenvalue weighted by Crippen LogP contribution is 2.45. The molecule has 0 saturated heterocycles. The molecule has 0 aliphatic carbocycles. The molecule has 0 bridgehead atoms. The van der Waals surface area contributed by atoms with Gasteiger partial charge >= 0.3 is 39.5 Å².